The molecule has 3 aromatic carbocycles. The summed E-state index contributed by atoms with van der Waals surface area (Å²) in [5, 5.41) is 0. The topological polar surface area (TPSA) is 27.1 Å². The highest BCUT2D eigenvalue weighted by atomic mass is 16.5. The maximum atomic E-state index is 6.19. The van der Waals surface area contributed by atoms with Crippen molar-refractivity contribution in [3.8, 4) is 5.75 Å². The van der Waals surface area contributed by atoms with Crippen LogP contribution in [0.25, 0.3) is 11.0 Å². The van der Waals surface area contributed by atoms with Gasteiger partial charge in [-0.05, 0) is 90.8 Å². The number of ether oxygens (including phenoxy) is 1. The van der Waals surface area contributed by atoms with Crippen LogP contribution in [0.5, 0.6) is 5.75 Å². The second kappa shape index (κ2) is 8.46. The van der Waals surface area contributed by atoms with Crippen molar-refractivity contribution in [3.63, 3.8) is 0 Å². The number of benzene rings is 3. The van der Waals surface area contributed by atoms with Gasteiger partial charge in [-0.15, -0.1) is 0 Å². The molecule has 0 aliphatic carbocycles. The molecule has 1 heterocycles. The monoisotopic (exact) mass is 426 g/mol. The molecular weight excluding hydrogens is 392 g/mol. The van der Waals surface area contributed by atoms with E-state index in [1.54, 1.807) is 0 Å². The third kappa shape index (κ3) is 4.29. The van der Waals surface area contributed by atoms with Gasteiger partial charge in [0.15, 0.2) is 0 Å². The SMILES string of the molecule is Cc1cc(C)c(C)c(Cn2c(COc3ccc(C(C)(C)C)cc3)nc3ccccc32)c1C. The average Bonchev–Trinajstić information content (AvgIpc) is 3.11. The van der Waals surface area contributed by atoms with Gasteiger partial charge < -0.3 is 9.30 Å². The van der Waals surface area contributed by atoms with Crippen LogP contribution in [0.15, 0.2) is 54.6 Å². The van der Waals surface area contributed by atoms with Crippen molar-refractivity contribution in [2.75, 3.05) is 0 Å². The first-order chi connectivity index (χ1) is 15.1. The molecular formula is C29H34N2O. The number of fused-ring (bicyclic) bond motifs is 1. The second-order valence-electron chi connectivity index (χ2n) is 9.90. The molecule has 4 rings (SSSR count). The molecule has 3 heteroatoms. The summed E-state index contributed by atoms with van der Waals surface area (Å²) in [7, 11) is 0. The van der Waals surface area contributed by atoms with Crippen LogP contribution < -0.4 is 4.74 Å². The molecule has 0 amide bonds. The first kappa shape index (κ1) is 22.1. The van der Waals surface area contributed by atoms with Crippen LogP contribution in [-0.4, -0.2) is 9.55 Å². The zero-order valence-corrected chi connectivity index (χ0v) is 20.4. The number of para-hydroxylation sites is 2. The lowest BCUT2D eigenvalue weighted by Gasteiger charge is -2.19. The Kier molecular flexibility index (Phi) is 5.85. The van der Waals surface area contributed by atoms with Gasteiger partial charge in [-0.3, -0.25) is 0 Å². The largest absolute Gasteiger partial charge is 0.486 e. The van der Waals surface area contributed by atoms with Crippen LogP contribution in [0.4, 0.5) is 0 Å². The van der Waals surface area contributed by atoms with E-state index in [9.17, 15) is 0 Å². The van der Waals surface area contributed by atoms with Crippen LogP contribution in [0.3, 0.4) is 0 Å². The third-order valence-electron chi connectivity index (χ3n) is 6.66. The van der Waals surface area contributed by atoms with E-state index in [0.717, 1.165) is 29.2 Å². The van der Waals surface area contributed by atoms with Crippen molar-refractivity contribution in [2.24, 2.45) is 0 Å². The highest BCUT2D eigenvalue weighted by molar-refractivity contribution is 5.76. The lowest BCUT2D eigenvalue weighted by atomic mass is 9.87. The van der Waals surface area contributed by atoms with Crippen molar-refractivity contribution in [3.05, 3.63) is 93.8 Å². The summed E-state index contributed by atoms with van der Waals surface area (Å²) < 4.78 is 8.50. The highest BCUT2D eigenvalue weighted by Gasteiger charge is 2.16. The standard InChI is InChI=1S/C29H34N2O/c1-19-16-20(2)22(4)25(21(19)3)17-31-27-11-9-8-10-26(27)30-28(31)18-32-24-14-12-23(13-15-24)29(5,6)7/h8-16H,17-18H2,1-7H3. The minimum absolute atomic E-state index is 0.133. The molecule has 4 aromatic rings. The Labute approximate surface area is 192 Å². The first-order valence-corrected chi connectivity index (χ1v) is 11.4. The Morgan fingerprint density at radius 1 is 0.844 bits per heavy atom. The Bertz CT molecular complexity index is 1230. The lowest BCUT2D eigenvalue weighted by molar-refractivity contribution is 0.291. The second-order valence-corrected chi connectivity index (χ2v) is 9.90. The third-order valence-corrected chi connectivity index (χ3v) is 6.66. The average molecular weight is 427 g/mol. The summed E-state index contributed by atoms with van der Waals surface area (Å²) in [6.45, 7) is 16.7. The fourth-order valence-electron chi connectivity index (χ4n) is 4.30. The molecule has 0 fully saturated rings. The van der Waals surface area contributed by atoms with Crippen LogP contribution in [-0.2, 0) is 18.6 Å². The van der Waals surface area contributed by atoms with Crippen molar-refractivity contribution in [1.82, 2.24) is 9.55 Å². The first-order valence-electron chi connectivity index (χ1n) is 11.4. The molecule has 0 N–H and O–H groups in total. The van der Waals surface area contributed by atoms with E-state index in [1.165, 1.54) is 33.4 Å². The molecule has 0 atom stereocenters. The number of aromatic nitrogens is 2. The number of nitrogens with zero attached hydrogens (tertiary/aromatic N) is 2. The van der Waals surface area contributed by atoms with Gasteiger partial charge in [-0.1, -0.05) is 51.1 Å². The number of rotatable bonds is 5. The molecule has 0 aliphatic rings. The molecule has 0 bridgehead atoms. The molecule has 1 aromatic heterocycles. The van der Waals surface area contributed by atoms with Crippen molar-refractivity contribution in [1.29, 1.82) is 0 Å². The minimum atomic E-state index is 0.133. The van der Waals surface area contributed by atoms with Crippen molar-refractivity contribution >= 4 is 11.0 Å². The Morgan fingerprint density at radius 3 is 2.09 bits per heavy atom. The summed E-state index contributed by atoms with van der Waals surface area (Å²) in [6.07, 6.45) is 0. The fourth-order valence-corrected chi connectivity index (χ4v) is 4.30. The van der Waals surface area contributed by atoms with E-state index in [4.69, 9.17) is 9.72 Å². The Balaban J connectivity index is 1.67. The van der Waals surface area contributed by atoms with Crippen LogP contribution >= 0.6 is 0 Å². The van der Waals surface area contributed by atoms with Gasteiger partial charge >= 0.3 is 0 Å². The normalized spacial score (nSPS) is 11.8. The number of hydrogen-bond donors (Lipinski definition) is 0. The molecule has 3 nitrogen and oxygen atoms in total. The van der Waals surface area contributed by atoms with E-state index in [0.29, 0.717) is 6.61 Å². The van der Waals surface area contributed by atoms with Gasteiger partial charge in [0.1, 0.15) is 18.2 Å². The van der Waals surface area contributed by atoms with E-state index in [2.05, 4.69) is 102 Å². The molecule has 0 unspecified atom stereocenters. The van der Waals surface area contributed by atoms with E-state index < -0.39 is 0 Å². The summed E-state index contributed by atoms with van der Waals surface area (Å²) in [4.78, 5) is 4.92. The van der Waals surface area contributed by atoms with Crippen LogP contribution in [0, 0.1) is 27.7 Å². The van der Waals surface area contributed by atoms with Crippen molar-refractivity contribution < 1.29 is 4.74 Å². The number of aryl methyl sites for hydroxylation is 2. The van der Waals surface area contributed by atoms with Gasteiger partial charge in [0.2, 0.25) is 0 Å². The molecule has 0 radical (unpaired) electrons. The summed E-state index contributed by atoms with van der Waals surface area (Å²) in [5.41, 5.74) is 10.4. The quantitative estimate of drug-likeness (QED) is 0.337. The fraction of sp³-hybridized carbons (Fsp3) is 0.345. The summed E-state index contributed by atoms with van der Waals surface area (Å²) >= 11 is 0. The molecule has 0 spiro atoms. The minimum Gasteiger partial charge on any atom is -0.486 e. The predicted molar refractivity (Wildman–Crippen MR) is 134 cm³/mol. The molecule has 0 saturated heterocycles. The van der Waals surface area contributed by atoms with Gasteiger partial charge in [0.25, 0.3) is 0 Å². The van der Waals surface area contributed by atoms with E-state index in [-0.39, 0.29) is 5.41 Å². The Hall–Kier alpha value is -3.07. The number of imidazole rings is 1. The molecule has 166 valence electrons. The van der Waals surface area contributed by atoms with Crippen LogP contribution in [0.2, 0.25) is 0 Å². The van der Waals surface area contributed by atoms with Gasteiger partial charge in [-0.25, -0.2) is 4.98 Å². The molecule has 0 aliphatic heterocycles. The maximum absolute atomic E-state index is 6.19. The lowest BCUT2D eigenvalue weighted by Crippen LogP contribution is -2.12. The highest BCUT2D eigenvalue weighted by Crippen LogP contribution is 2.27. The van der Waals surface area contributed by atoms with Crippen molar-refractivity contribution in [2.45, 2.75) is 67.0 Å². The molecule has 32 heavy (non-hydrogen) atoms. The van der Waals surface area contributed by atoms with Crippen LogP contribution in [0.1, 0.15) is 60.0 Å². The number of hydrogen-bond acceptors (Lipinski definition) is 2. The Morgan fingerprint density at radius 2 is 1.47 bits per heavy atom. The molecule has 0 saturated carbocycles. The zero-order chi connectivity index (χ0) is 23.0. The predicted octanol–water partition coefficient (Wildman–Crippen LogP) is 7.19. The zero-order valence-electron chi connectivity index (χ0n) is 20.4. The maximum Gasteiger partial charge on any atom is 0.148 e. The smallest absolute Gasteiger partial charge is 0.148 e. The van der Waals surface area contributed by atoms with Gasteiger partial charge in [-0.2, -0.15) is 0 Å². The van der Waals surface area contributed by atoms with Gasteiger partial charge in [0, 0.05) is 0 Å². The van der Waals surface area contributed by atoms with E-state index in [1.807, 2.05) is 6.07 Å². The summed E-state index contributed by atoms with van der Waals surface area (Å²) in [6, 6.07) is 19.1. The van der Waals surface area contributed by atoms with Gasteiger partial charge in [0.05, 0.1) is 17.6 Å². The van der Waals surface area contributed by atoms with E-state index >= 15 is 0 Å². The summed E-state index contributed by atoms with van der Waals surface area (Å²) in [5.74, 6) is 1.82.